The number of nitrogens with one attached hydrogen (secondary N) is 1. The largest absolute Gasteiger partial charge is 0.367 e. The Hall–Kier alpha value is -4.45. The van der Waals surface area contributed by atoms with Crippen molar-refractivity contribution < 1.29 is 9.72 Å². The van der Waals surface area contributed by atoms with Crippen molar-refractivity contribution in [1.29, 1.82) is 5.26 Å². The molecular formula is C26H24N6O3. The van der Waals surface area contributed by atoms with Crippen LogP contribution in [0.2, 0.25) is 0 Å². The summed E-state index contributed by atoms with van der Waals surface area (Å²) < 4.78 is 0. The fourth-order valence-electron chi connectivity index (χ4n) is 5.11. The van der Waals surface area contributed by atoms with E-state index < -0.39 is 10.8 Å². The lowest BCUT2D eigenvalue weighted by Crippen LogP contribution is -2.61. The highest BCUT2D eigenvalue weighted by molar-refractivity contribution is 5.82. The van der Waals surface area contributed by atoms with E-state index in [0.29, 0.717) is 38.2 Å². The number of nitro benzene ring substituents is 1. The number of fused-ring (bicyclic) bond motifs is 3. The Morgan fingerprint density at radius 2 is 1.94 bits per heavy atom. The molecule has 0 radical (unpaired) electrons. The fourth-order valence-corrected chi connectivity index (χ4v) is 5.11. The number of benzene rings is 2. The molecule has 1 amide bonds. The highest BCUT2D eigenvalue weighted by Crippen LogP contribution is 2.39. The van der Waals surface area contributed by atoms with Crippen LogP contribution < -0.4 is 15.1 Å². The number of nitrogens with zero attached hydrogens (tertiary/aromatic N) is 5. The summed E-state index contributed by atoms with van der Waals surface area (Å²) in [5.41, 5.74) is 4.19. The first-order valence-electron chi connectivity index (χ1n) is 11.5. The molecule has 2 aromatic carbocycles. The normalized spacial score (nSPS) is 18.7. The first-order chi connectivity index (χ1) is 17.0. The highest BCUT2D eigenvalue weighted by atomic mass is 16.6. The van der Waals surface area contributed by atoms with Crippen LogP contribution in [0.5, 0.6) is 0 Å². The topological polar surface area (TPSA) is 115 Å². The van der Waals surface area contributed by atoms with Gasteiger partial charge in [-0.15, -0.1) is 0 Å². The fraction of sp³-hybridized carbons (Fsp3) is 0.269. The van der Waals surface area contributed by atoms with Crippen LogP contribution in [-0.2, 0) is 17.8 Å². The maximum absolute atomic E-state index is 13.5. The van der Waals surface area contributed by atoms with Crippen molar-refractivity contribution >= 4 is 23.0 Å². The molecule has 1 aromatic heterocycles. The number of carbonyl (C=O) groups excluding carboxylic acids is 1. The summed E-state index contributed by atoms with van der Waals surface area (Å²) in [6, 6.07) is 18.2. The number of amides is 1. The summed E-state index contributed by atoms with van der Waals surface area (Å²) >= 11 is 0. The number of para-hydroxylation sites is 1. The number of aromatic nitrogens is 1. The molecule has 3 aromatic rings. The number of nitro groups is 1. The third-order valence-corrected chi connectivity index (χ3v) is 6.82. The molecule has 0 saturated carbocycles. The molecule has 3 heterocycles. The highest BCUT2D eigenvalue weighted by Gasteiger charge is 2.42. The van der Waals surface area contributed by atoms with Crippen LogP contribution in [0.15, 0.2) is 67.0 Å². The van der Waals surface area contributed by atoms with E-state index >= 15 is 0 Å². The minimum Gasteiger partial charge on any atom is -0.367 e. The van der Waals surface area contributed by atoms with E-state index in [2.05, 4.69) is 26.2 Å². The van der Waals surface area contributed by atoms with Gasteiger partial charge >= 0.3 is 0 Å². The summed E-state index contributed by atoms with van der Waals surface area (Å²) in [7, 11) is 0. The van der Waals surface area contributed by atoms with Crippen LogP contribution in [0.4, 0.5) is 17.1 Å². The van der Waals surface area contributed by atoms with Crippen molar-refractivity contribution in [1.82, 2.24) is 10.3 Å². The van der Waals surface area contributed by atoms with E-state index in [1.54, 1.807) is 30.6 Å². The van der Waals surface area contributed by atoms with E-state index in [1.807, 2.05) is 30.3 Å². The van der Waals surface area contributed by atoms with Crippen LogP contribution in [0.25, 0.3) is 0 Å². The first kappa shape index (κ1) is 22.3. The number of nitriles is 1. The Bertz CT molecular complexity index is 1310. The third-order valence-electron chi connectivity index (χ3n) is 6.82. The van der Waals surface area contributed by atoms with E-state index in [9.17, 15) is 20.2 Å². The smallest absolute Gasteiger partial charge is 0.269 e. The van der Waals surface area contributed by atoms with Crippen molar-refractivity contribution in [2.75, 3.05) is 29.4 Å². The number of carbonyl (C=O) groups is 1. The predicted octanol–water partition coefficient (Wildman–Crippen LogP) is 3.05. The number of hydrogen-bond acceptors (Lipinski definition) is 7. The van der Waals surface area contributed by atoms with Crippen LogP contribution in [0.3, 0.4) is 0 Å². The number of rotatable bonds is 5. The molecule has 5 rings (SSSR count). The number of pyridine rings is 1. The molecule has 1 saturated heterocycles. The average Bonchev–Trinajstić information content (AvgIpc) is 2.91. The van der Waals surface area contributed by atoms with Gasteiger partial charge in [-0.2, -0.15) is 5.26 Å². The Labute approximate surface area is 202 Å². The summed E-state index contributed by atoms with van der Waals surface area (Å²) in [4.78, 5) is 32.8. The van der Waals surface area contributed by atoms with Gasteiger partial charge in [0.25, 0.3) is 5.69 Å². The number of anilines is 2. The molecule has 2 aliphatic rings. The van der Waals surface area contributed by atoms with Crippen LogP contribution >= 0.6 is 0 Å². The molecule has 9 heteroatoms. The van der Waals surface area contributed by atoms with Gasteiger partial charge in [-0.3, -0.25) is 19.9 Å². The number of piperazine rings is 1. The van der Waals surface area contributed by atoms with Crippen LogP contribution in [0, 0.1) is 27.4 Å². The Morgan fingerprint density at radius 1 is 1.14 bits per heavy atom. The van der Waals surface area contributed by atoms with Crippen LogP contribution in [-0.4, -0.2) is 41.5 Å². The van der Waals surface area contributed by atoms with Gasteiger partial charge in [-0.25, -0.2) is 0 Å². The Balaban J connectivity index is 1.46. The maximum atomic E-state index is 13.5. The average molecular weight is 469 g/mol. The molecule has 1 fully saturated rings. The standard InChI is InChI=1S/C26H24N6O3/c27-15-19-3-1-2-4-23(19)30-11-12-31-24-6-5-21(32(34)35)13-20(24)14-22(25(31)17-30)26(33)29-16-18-7-9-28-10-8-18/h1-10,13,22,25H,11-12,14,16-17H2,(H,29,33). The zero-order valence-corrected chi connectivity index (χ0v) is 19.0. The molecular weight excluding hydrogens is 444 g/mol. The van der Waals surface area contributed by atoms with Gasteiger partial charge < -0.3 is 15.1 Å². The lowest BCUT2D eigenvalue weighted by Gasteiger charge is -2.49. The van der Waals surface area contributed by atoms with E-state index in [4.69, 9.17) is 0 Å². The molecule has 1 N–H and O–H groups in total. The predicted molar refractivity (Wildman–Crippen MR) is 131 cm³/mol. The lowest BCUT2D eigenvalue weighted by molar-refractivity contribution is -0.384. The number of non-ortho nitro benzene ring substituents is 1. The zero-order chi connectivity index (χ0) is 24.4. The second-order valence-electron chi connectivity index (χ2n) is 8.79. The minimum absolute atomic E-state index is 0.0275. The quantitative estimate of drug-likeness (QED) is 0.452. The molecule has 0 bridgehead atoms. The van der Waals surface area contributed by atoms with Crippen molar-refractivity contribution in [3.63, 3.8) is 0 Å². The van der Waals surface area contributed by atoms with Crippen molar-refractivity contribution in [3.8, 4) is 6.07 Å². The second-order valence-corrected chi connectivity index (χ2v) is 8.79. The van der Waals surface area contributed by atoms with Gasteiger partial charge in [-0.1, -0.05) is 12.1 Å². The van der Waals surface area contributed by atoms with E-state index in [-0.39, 0.29) is 17.6 Å². The molecule has 0 spiro atoms. The Kier molecular flexibility index (Phi) is 6.02. The van der Waals surface area contributed by atoms with E-state index in [0.717, 1.165) is 22.5 Å². The molecule has 0 aliphatic carbocycles. The van der Waals surface area contributed by atoms with Crippen molar-refractivity contribution in [3.05, 3.63) is 93.8 Å². The van der Waals surface area contributed by atoms with Crippen molar-refractivity contribution in [2.45, 2.75) is 19.0 Å². The monoisotopic (exact) mass is 468 g/mol. The summed E-state index contributed by atoms with van der Waals surface area (Å²) in [5, 5.41) is 24.0. The molecule has 176 valence electrons. The maximum Gasteiger partial charge on any atom is 0.269 e. The van der Waals surface area contributed by atoms with E-state index in [1.165, 1.54) is 6.07 Å². The molecule has 2 unspecified atom stereocenters. The van der Waals surface area contributed by atoms with Gasteiger partial charge in [0.05, 0.1) is 28.1 Å². The summed E-state index contributed by atoms with van der Waals surface area (Å²) in [5.74, 6) is -0.493. The molecule has 9 nitrogen and oxygen atoms in total. The molecule has 2 atom stereocenters. The van der Waals surface area contributed by atoms with Gasteiger partial charge in [0, 0.05) is 56.4 Å². The number of hydrogen-bond donors (Lipinski definition) is 1. The summed E-state index contributed by atoms with van der Waals surface area (Å²) in [6.07, 6.45) is 3.78. The van der Waals surface area contributed by atoms with Gasteiger partial charge in [0.15, 0.2) is 0 Å². The van der Waals surface area contributed by atoms with Gasteiger partial charge in [0.2, 0.25) is 5.91 Å². The van der Waals surface area contributed by atoms with Crippen LogP contribution in [0.1, 0.15) is 16.7 Å². The van der Waals surface area contributed by atoms with Gasteiger partial charge in [0.1, 0.15) is 6.07 Å². The summed E-state index contributed by atoms with van der Waals surface area (Å²) in [6.45, 7) is 2.27. The first-order valence-corrected chi connectivity index (χ1v) is 11.5. The van der Waals surface area contributed by atoms with Crippen molar-refractivity contribution in [2.24, 2.45) is 5.92 Å². The zero-order valence-electron chi connectivity index (χ0n) is 19.0. The molecule has 2 aliphatic heterocycles. The minimum atomic E-state index is -0.401. The SMILES string of the molecule is N#Cc1ccccc1N1CCN2c3ccc([N+](=O)[O-])cc3CC(C(=O)NCc3ccncc3)C2C1. The van der Waals surface area contributed by atoms with Gasteiger partial charge in [-0.05, 0) is 47.9 Å². The Morgan fingerprint density at radius 3 is 2.71 bits per heavy atom. The molecule has 35 heavy (non-hydrogen) atoms. The second kappa shape index (κ2) is 9.43. The third kappa shape index (κ3) is 4.38. The lowest BCUT2D eigenvalue weighted by atomic mass is 9.83.